The largest absolute Gasteiger partial charge is 0.463 e. The first-order chi connectivity index (χ1) is 8.95. The lowest BCUT2D eigenvalue weighted by Crippen LogP contribution is -2.49. The summed E-state index contributed by atoms with van der Waals surface area (Å²) in [5.41, 5.74) is 0. The Bertz CT molecular complexity index is 407. The van der Waals surface area contributed by atoms with E-state index >= 15 is 0 Å². The minimum Gasteiger partial charge on any atom is -0.463 e. The number of fused-ring (bicyclic) bond motifs is 1. The van der Waals surface area contributed by atoms with E-state index in [1.54, 1.807) is 6.92 Å². The van der Waals surface area contributed by atoms with Crippen molar-refractivity contribution in [2.45, 2.75) is 51.7 Å². The second-order valence-corrected chi connectivity index (χ2v) is 4.56. The molecule has 4 atom stereocenters. The van der Waals surface area contributed by atoms with Crippen LogP contribution in [0.15, 0.2) is 4.99 Å². The molecule has 0 N–H and O–H groups in total. The molecule has 7 heteroatoms. The number of hydrogen-bond donors (Lipinski definition) is 0. The monoisotopic (exact) mass is 271 g/mol. The van der Waals surface area contributed by atoms with Crippen LogP contribution in [0.2, 0.25) is 0 Å². The summed E-state index contributed by atoms with van der Waals surface area (Å²) in [7, 11) is 0. The average Bonchev–Trinajstić information content (AvgIpc) is 2.64. The van der Waals surface area contributed by atoms with Gasteiger partial charge in [0.2, 0.25) is 6.29 Å². The van der Waals surface area contributed by atoms with Crippen molar-refractivity contribution in [1.29, 1.82) is 0 Å². The number of nitrogens with zero attached hydrogens (tertiary/aromatic N) is 1. The van der Waals surface area contributed by atoms with Crippen molar-refractivity contribution in [3.05, 3.63) is 0 Å². The third-order valence-electron chi connectivity index (χ3n) is 2.91. The molecule has 0 aromatic rings. The summed E-state index contributed by atoms with van der Waals surface area (Å²) in [5, 5.41) is 0. The number of carbonyl (C=O) groups is 2. The summed E-state index contributed by atoms with van der Waals surface area (Å²) >= 11 is 0. The van der Waals surface area contributed by atoms with Gasteiger partial charge in [-0.25, -0.2) is 4.99 Å². The van der Waals surface area contributed by atoms with Gasteiger partial charge in [-0.15, -0.1) is 0 Å². The first-order valence-electron chi connectivity index (χ1n) is 6.13. The van der Waals surface area contributed by atoms with Gasteiger partial charge in [0.1, 0.15) is 24.9 Å². The van der Waals surface area contributed by atoms with Crippen LogP contribution in [-0.2, 0) is 28.5 Å². The summed E-state index contributed by atoms with van der Waals surface area (Å²) in [5.74, 6) is -0.267. The van der Waals surface area contributed by atoms with E-state index in [0.29, 0.717) is 12.3 Å². The van der Waals surface area contributed by atoms with Gasteiger partial charge in [-0.3, -0.25) is 9.59 Å². The van der Waals surface area contributed by atoms with Gasteiger partial charge in [0, 0.05) is 27.2 Å². The zero-order chi connectivity index (χ0) is 14.0. The van der Waals surface area contributed by atoms with Gasteiger partial charge in [0.05, 0.1) is 0 Å². The number of esters is 2. The van der Waals surface area contributed by atoms with Crippen LogP contribution in [0.3, 0.4) is 0 Å². The quantitative estimate of drug-likeness (QED) is 0.691. The van der Waals surface area contributed by atoms with Crippen LogP contribution in [0.5, 0.6) is 0 Å². The average molecular weight is 271 g/mol. The predicted molar refractivity (Wildman–Crippen MR) is 63.4 cm³/mol. The van der Waals surface area contributed by atoms with Crippen LogP contribution >= 0.6 is 0 Å². The molecule has 0 aliphatic carbocycles. The molecule has 0 bridgehead atoms. The molecule has 3 unspecified atom stereocenters. The fraction of sp³-hybridized carbons (Fsp3) is 0.750. The highest BCUT2D eigenvalue weighted by Crippen LogP contribution is 2.29. The van der Waals surface area contributed by atoms with Crippen LogP contribution in [-0.4, -0.2) is 49.0 Å². The standard InChI is InChI=1S/C12H17NO6/c1-6-13-9-4-10(18-8(3)15)11(5-16-7(2)14)19-12(9)17-6/h9-12H,4-5H2,1-3H3/t9?,10-,11?,12?/m0/s1. The second-order valence-electron chi connectivity index (χ2n) is 4.56. The van der Waals surface area contributed by atoms with E-state index in [2.05, 4.69) is 4.99 Å². The van der Waals surface area contributed by atoms with E-state index in [-0.39, 0.29) is 12.6 Å². The van der Waals surface area contributed by atoms with Crippen molar-refractivity contribution in [2.75, 3.05) is 6.61 Å². The second kappa shape index (κ2) is 5.56. The van der Waals surface area contributed by atoms with Crippen molar-refractivity contribution in [2.24, 2.45) is 4.99 Å². The van der Waals surface area contributed by atoms with Crippen molar-refractivity contribution in [3.8, 4) is 0 Å². The molecule has 2 aliphatic rings. The highest BCUT2D eigenvalue weighted by molar-refractivity contribution is 5.75. The molecule has 0 radical (unpaired) electrons. The van der Waals surface area contributed by atoms with Gasteiger partial charge < -0.3 is 18.9 Å². The maximum absolute atomic E-state index is 11.1. The molecule has 0 saturated carbocycles. The minimum atomic E-state index is -0.532. The summed E-state index contributed by atoms with van der Waals surface area (Å²) in [6, 6.07) is -0.182. The zero-order valence-corrected chi connectivity index (χ0v) is 11.1. The van der Waals surface area contributed by atoms with Gasteiger partial charge in [0.25, 0.3) is 0 Å². The molecule has 106 valence electrons. The molecule has 7 nitrogen and oxygen atoms in total. The number of aliphatic imine (C=N–C) groups is 1. The lowest BCUT2D eigenvalue weighted by atomic mass is 10.0. The Kier molecular flexibility index (Phi) is 4.04. The molecule has 2 aliphatic heterocycles. The molecule has 19 heavy (non-hydrogen) atoms. The fourth-order valence-corrected chi connectivity index (χ4v) is 2.19. The smallest absolute Gasteiger partial charge is 0.302 e. The highest BCUT2D eigenvalue weighted by atomic mass is 16.7. The Morgan fingerprint density at radius 2 is 2.11 bits per heavy atom. The van der Waals surface area contributed by atoms with Crippen LogP contribution in [0.4, 0.5) is 0 Å². The van der Waals surface area contributed by atoms with Crippen LogP contribution in [0, 0.1) is 0 Å². The summed E-state index contributed by atoms with van der Waals surface area (Å²) in [6.07, 6.45) is -1.02. The molecule has 2 rings (SSSR count). The Morgan fingerprint density at radius 3 is 2.74 bits per heavy atom. The molecular formula is C12H17NO6. The number of carbonyl (C=O) groups excluding carboxylic acids is 2. The Hall–Kier alpha value is -1.63. The molecule has 1 saturated heterocycles. The zero-order valence-electron chi connectivity index (χ0n) is 11.1. The first-order valence-corrected chi connectivity index (χ1v) is 6.13. The van der Waals surface area contributed by atoms with Gasteiger partial charge in [-0.05, 0) is 0 Å². The number of rotatable bonds is 3. The van der Waals surface area contributed by atoms with E-state index < -0.39 is 30.4 Å². The maximum atomic E-state index is 11.1. The number of hydrogen-bond acceptors (Lipinski definition) is 7. The third-order valence-corrected chi connectivity index (χ3v) is 2.91. The van der Waals surface area contributed by atoms with Crippen molar-refractivity contribution in [1.82, 2.24) is 0 Å². The first kappa shape index (κ1) is 13.8. The van der Waals surface area contributed by atoms with E-state index in [9.17, 15) is 9.59 Å². The Morgan fingerprint density at radius 1 is 1.37 bits per heavy atom. The molecule has 2 heterocycles. The Labute approximate surface area is 110 Å². The van der Waals surface area contributed by atoms with Gasteiger partial charge in [-0.1, -0.05) is 0 Å². The fourth-order valence-electron chi connectivity index (χ4n) is 2.19. The van der Waals surface area contributed by atoms with Crippen LogP contribution < -0.4 is 0 Å². The topological polar surface area (TPSA) is 83.4 Å². The maximum Gasteiger partial charge on any atom is 0.302 e. The highest BCUT2D eigenvalue weighted by Gasteiger charge is 2.44. The lowest BCUT2D eigenvalue weighted by Gasteiger charge is -2.35. The van der Waals surface area contributed by atoms with Gasteiger partial charge in [-0.2, -0.15) is 0 Å². The van der Waals surface area contributed by atoms with E-state index in [1.165, 1.54) is 13.8 Å². The molecule has 0 spiro atoms. The number of ether oxygens (including phenoxy) is 4. The summed E-state index contributed by atoms with van der Waals surface area (Å²) in [4.78, 5) is 26.2. The molecule has 0 aromatic carbocycles. The van der Waals surface area contributed by atoms with Gasteiger partial charge in [0.15, 0.2) is 5.90 Å². The van der Waals surface area contributed by atoms with Gasteiger partial charge >= 0.3 is 11.9 Å². The molecule has 0 amide bonds. The van der Waals surface area contributed by atoms with E-state index in [0.717, 1.165) is 0 Å². The lowest BCUT2D eigenvalue weighted by molar-refractivity contribution is -0.215. The van der Waals surface area contributed by atoms with Crippen LogP contribution in [0.25, 0.3) is 0 Å². The molecule has 0 aromatic heterocycles. The van der Waals surface area contributed by atoms with Crippen molar-refractivity contribution in [3.63, 3.8) is 0 Å². The molecule has 1 fully saturated rings. The predicted octanol–water partition coefficient (Wildman–Crippen LogP) is 0.413. The molecular weight excluding hydrogens is 254 g/mol. The third kappa shape index (κ3) is 3.44. The van der Waals surface area contributed by atoms with Crippen molar-refractivity contribution < 1.29 is 28.5 Å². The van der Waals surface area contributed by atoms with Crippen molar-refractivity contribution >= 4 is 17.8 Å². The van der Waals surface area contributed by atoms with E-state index in [1.807, 2.05) is 0 Å². The normalized spacial score (nSPS) is 32.9. The SMILES string of the molecule is CC(=O)OCC1OC2OC(C)=NC2C[C@@H]1OC(C)=O. The van der Waals surface area contributed by atoms with E-state index in [4.69, 9.17) is 18.9 Å². The summed E-state index contributed by atoms with van der Waals surface area (Å²) in [6.45, 7) is 4.41. The Balaban J connectivity index is 2.02. The van der Waals surface area contributed by atoms with Crippen LogP contribution in [0.1, 0.15) is 27.2 Å². The summed E-state index contributed by atoms with van der Waals surface area (Å²) < 4.78 is 21.2. The minimum absolute atomic E-state index is 0.0267.